The van der Waals surface area contributed by atoms with E-state index in [1.54, 1.807) is 24.7 Å². The van der Waals surface area contributed by atoms with E-state index in [0.717, 1.165) is 28.0 Å². The van der Waals surface area contributed by atoms with Gasteiger partial charge in [0.15, 0.2) is 0 Å². The van der Waals surface area contributed by atoms with Gasteiger partial charge in [0.25, 0.3) is 5.91 Å². The number of aromatic nitrogens is 4. The van der Waals surface area contributed by atoms with E-state index < -0.39 is 0 Å². The molecule has 0 atom stereocenters. The number of nitrogens with zero attached hydrogens (tertiary/aromatic N) is 3. The van der Waals surface area contributed by atoms with E-state index in [0.29, 0.717) is 11.4 Å². The van der Waals surface area contributed by atoms with E-state index in [4.69, 9.17) is 0 Å². The molecule has 1 amide bonds. The molecule has 4 heterocycles. The van der Waals surface area contributed by atoms with Crippen molar-refractivity contribution in [1.82, 2.24) is 19.5 Å². The van der Waals surface area contributed by atoms with Crippen molar-refractivity contribution in [1.29, 1.82) is 0 Å². The van der Waals surface area contributed by atoms with Gasteiger partial charge in [-0.2, -0.15) is 0 Å². The van der Waals surface area contributed by atoms with Gasteiger partial charge in [-0.05, 0) is 41.9 Å². The smallest absolute Gasteiger partial charge is 0.259 e. The molecule has 0 bridgehead atoms. The molecule has 24 heavy (non-hydrogen) atoms. The molecule has 0 saturated heterocycles. The van der Waals surface area contributed by atoms with Crippen molar-refractivity contribution in [2.75, 3.05) is 5.32 Å². The van der Waals surface area contributed by atoms with E-state index in [9.17, 15) is 4.79 Å². The molecule has 122 valence electrons. The van der Waals surface area contributed by atoms with Gasteiger partial charge in [-0.15, -0.1) is 0 Å². The van der Waals surface area contributed by atoms with Crippen LogP contribution in [0.1, 0.15) is 29.9 Å². The van der Waals surface area contributed by atoms with Gasteiger partial charge in [0.1, 0.15) is 11.6 Å². The van der Waals surface area contributed by atoms with Crippen LogP contribution in [0.2, 0.25) is 0 Å². The minimum Gasteiger partial charge on any atom is -0.364 e. The summed E-state index contributed by atoms with van der Waals surface area (Å²) in [6.45, 7) is 4.32. The zero-order valence-corrected chi connectivity index (χ0v) is 14.9. The van der Waals surface area contributed by atoms with Crippen LogP contribution in [0.5, 0.6) is 0 Å². The van der Waals surface area contributed by atoms with Crippen LogP contribution >= 0.6 is 15.9 Å². The second-order valence-corrected chi connectivity index (χ2v) is 7.40. The number of halogens is 1. The van der Waals surface area contributed by atoms with Crippen LogP contribution in [0.15, 0.2) is 41.4 Å². The Morgan fingerprint density at radius 2 is 2.21 bits per heavy atom. The molecule has 0 unspecified atom stereocenters. The van der Waals surface area contributed by atoms with Gasteiger partial charge in [0.2, 0.25) is 0 Å². The average molecular weight is 386 g/mol. The van der Waals surface area contributed by atoms with E-state index >= 15 is 0 Å². The third-order valence-electron chi connectivity index (χ3n) is 4.30. The second-order valence-electron chi connectivity index (χ2n) is 6.48. The topological polar surface area (TPSA) is 75.6 Å². The molecule has 7 heteroatoms. The summed E-state index contributed by atoms with van der Waals surface area (Å²) in [5.41, 5.74) is 2.41. The zero-order chi connectivity index (χ0) is 16.9. The number of rotatable bonds is 2. The summed E-state index contributed by atoms with van der Waals surface area (Å²) < 4.78 is 2.99. The van der Waals surface area contributed by atoms with E-state index in [1.807, 2.05) is 12.3 Å². The molecule has 0 aliphatic carbocycles. The lowest BCUT2D eigenvalue weighted by Crippen LogP contribution is -2.33. The SMILES string of the molecule is CC1(C)Cc2[nH]cc(C(=O)Nc3ccc(Br)cn3)c2-c2nccn21. The Balaban J connectivity index is 1.72. The Morgan fingerprint density at radius 1 is 1.38 bits per heavy atom. The molecule has 6 nitrogen and oxygen atoms in total. The number of hydrogen-bond acceptors (Lipinski definition) is 3. The van der Waals surface area contributed by atoms with Crippen molar-refractivity contribution in [2.24, 2.45) is 0 Å². The molecule has 1 aliphatic rings. The fourth-order valence-electron chi connectivity index (χ4n) is 3.17. The van der Waals surface area contributed by atoms with Crippen LogP contribution in [0.3, 0.4) is 0 Å². The lowest BCUT2D eigenvalue weighted by Gasteiger charge is -2.32. The number of fused-ring (bicyclic) bond motifs is 3. The minimum atomic E-state index is -0.198. The molecule has 0 saturated carbocycles. The van der Waals surface area contributed by atoms with Crippen molar-refractivity contribution in [3.63, 3.8) is 0 Å². The lowest BCUT2D eigenvalue weighted by molar-refractivity contribution is 0.102. The fourth-order valence-corrected chi connectivity index (χ4v) is 3.40. The van der Waals surface area contributed by atoms with Crippen LogP contribution in [0, 0.1) is 0 Å². The third-order valence-corrected chi connectivity index (χ3v) is 4.77. The Kier molecular flexibility index (Phi) is 3.35. The highest BCUT2D eigenvalue weighted by molar-refractivity contribution is 9.10. The molecule has 0 radical (unpaired) electrons. The van der Waals surface area contributed by atoms with Crippen LogP contribution in [-0.2, 0) is 12.0 Å². The predicted octanol–water partition coefficient (Wildman–Crippen LogP) is 3.58. The highest BCUT2D eigenvalue weighted by atomic mass is 79.9. The van der Waals surface area contributed by atoms with Crippen LogP contribution in [0.25, 0.3) is 11.4 Å². The van der Waals surface area contributed by atoms with Gasteiger partial charge in [0.05, 0.1) is 11.1 Å². The Hall–Kier alpha value is -2.41. The molecule has 4 rings (SSSR count). The number of carbonyl (C=O) groups is 1. The molecule has 0 aromatic carbocycles. The third kappa shape index (κ3) is 2.36. The number of carbonyl (C=O) groups excluding carboxylic acids is 1. The summed E-state index contributed by atoms with van der Waals surface area (Å²) in [6.07, 6.45) is 7.95. The summed E-state index contributed by atoms with van der Waals surface area (Å²) in [6, 6.07) is 3.59. The van der Waals surface area contributed by atoms with Gasteiger partial charge in [-0.25, -0.2) is 9.97 Å². The molecule has 1 aliphatic heterocycles. The average Bonchev–Trinajstić information content (AvgIpc) is 3.15. The maximum Gasteiger partial charge on any atom is 0.259 e. The Morgan fingerprint density at radius 3 is 2.96 bits per heavy atom. The molecule has 0 spiro atoms. The van der Waals surface area contributed by atoms with Gasteiger partial charge in [-0.3, -0.25) is 4.79 Å². The number of amides is 1. The zero-order valence-electron chi connectivity index (χ0n) is 13.3. The monoisotopic (exact) mass is 385 g/mol. The Labute approximate surface area is 147 Å². The van der Waals surface area contributed by atoms with Crippen molar-refractivity contribution in [2.45, 2.75) is 25.8 Å². The maximum atomic E-state index is 12.7. The Bertz CT molecular complexity index is 923. The molecule has 2 N–H and O–H groups in total. The first-order valence-corrected chi connectivity index (χ1v) is 8.42. The molecule has 3 aromatic heterocycles. The van der Waals surface area contributed by atoms with Gasteiger partial charge >= 0.3 is 0 Å². The predicted molar refractivity (Wildman–Crippen MR) is 94.9 cm³/mol. The number of anilines is 1. The van der Waals surface area contributed by atoms with Gasteiger partial charge in [-0.1, -0.05) is 0 Å². The number of aromatic amines is 1. The van der Waals surface area contributed by atoms with Crippen molar-refractivity contribution in [3.05, 3.63) is 52.7 Å². The quantitative estimate of drug-likeness (QED) is 0.707. The van der Waals surface area contributed by atoms with Crippen molar-refractivity contribution < 1.29 is 4.79 Å². The van der Waals surface area contributed by atoms with E-state index in [1.165, 1.54) is 0 Å². The van der Waals surface area contributed by atoms with E-state index in [2.05, 4.69) is 54.6 Å². The minimum absolute atomic E-state index is 0.0787. The highest BCUT2D eigenvalue weighted by Gasteiger charge is 2.34. The molecular formula is C17H16BrN5O. The summed E-state index contributed by atoms with van der Waals surface area (Å²) in [5, 5.41) is 2.84. The van der Waals surface area contributed by atoms with Gasteiger partial charge in [0, 0.05) is 46.9 Å². The standard InChI is InChI=1S/C17H16BrN5O/c1-17(2)7-12-14(15-19-5-6-23(15)17)11(9-20-12)16(24)22-13-4-3-10(18)8-21-13/h3-6,8-9,20H,7H2,1-2H3,(H,21,22,24). The normalized spacial score (nSPS) is 14.8. The number of imidazole rings is 1. The largest absolute Gasteiger partial charge is 0.364 e. The summed E-state index contributed by atoms with van der Waals surface area (Å²) in [4.78, 5) is 24.6. The van der Waals surface area contributed by atoms with Gasteiger partial charge < -0.3 is 14.9 Å². The first-order chi connectivity index (χ1) is 11.5. The summed E-state index contributed by atoms with van der Waals surface area (Å²) in [7, 11) is 0. The first-order valence-electron chi connectivity index (χ1n) is 7.63. The molecule has 0 fully saturated rings. The van der Waals surface area contributed by atoms with Crippen LogP contribution in [0.4, 0.5) is 5.82 Å². The molecular weight excluding hydrogens is 370 g/mol. The molecule has 3 aromatic rings. The van der Waals surface area contributed by atoms with Crippen molar-refractivity contribution in [3.8, 4) is 11.4 Å². The van der Waals surface area contributed by atoms with Crippen LogP contribution < -0.4 is 5.32 Å². The van der Waals surface area contributed by atoms with E-state index in [-0.39, 0.29) is 11.4 Å². The summed E-state index contributed by atoms with van der Waals surface area (Å²) >= 11 is 3.33. The number of hydrogen-bond donors (Lipinski definition) is 2. The van der Waals surface area contributed by atoms with Crippen molar-refractivity contribution >= 4 is 27.7 Å². The fraction of sp³-hybridized carbons (Fsp3) is 0.235. The highest BCUT2D eigenvalue weighted by Crippen LogP contribution is 2.38. The second kappa shape index (κ2) is 5.31. The first kappa shape index (κ1) is 15.1. The number of H-pyrrole nitrogens is 1. The lowest BCUT2D eigenvalue weighted by atomic mass is 9.90. The number of nitrogens with one attached hydrogen (secondary N) is 2. The maximum absolute atomic E-state index is 12.7. The number of pyridine rings is 1. The van der Waals surface area contributed by atoms with Crippen LogP contribution in [-0.4, -0.2) is 25.4 Å². The summed E-state index contributed by atoms with van der Waals surface area (Å²) in [5.74, 6) is 1.13.